The smallest absolute Gasteiger partial charge is 0.119 e. The minimum absolute atomic E-state index is 0.176. The quantitative estimate of drug-likeness (QED) is 0.665. The largest absolute Gasteiger partial charge is 0.492 e. The maximum atomic E-state index is 5.84. The molecule has 0 saturated carbocycles. The second-order valence-corrected chi connectivity index (χ2v) is 6.45. The van der Waals surface area contributed by atoms with Crippen LogP contribution in [0.3, 0.4) is 0 Å². The van der Waals surface area contributed by atoms with E-state index in [9.17, 15) is 0 Å². The highest BCUT2D eigenvalue weighted by molar-refractivity contribution is 5.31. The lowest BCUT2D eigenvalue weighted by Gasteiger charge is -2.22. The zero-order chi connectivity index (χ0) is 16.4. The third-order valence-electron chi connectivity index (χ3n) is 3.62. The van der Waals surface area contributed by atoms with Crippen LogP contribution in [0.4, 0.5) is 0 Å². The molecule has 1 aromatic rings. The predicted octanol–water partition coefficient (Wildman–Crippen LogP) is 2.96. The number of hydrogen-bond acceptors (Lipinski definition) is 4. The van der Waals surface area contributed by atoms with Gasteiger partial charge in [-0.3, -0.25) is 4.90 Å². The van der Waals surface area contributed by atoms with Crippen LogP contribution >= 0.6 is 0 Å². The van der Waals surface area contributed by atoms with Crippen molar-refractivity contribution in [3.8, 4) is 5.75 Å². The summed E-state index contributed by atoms with van der Waals surface area (Å²) in [4.78, 5) is 2.29. The lowest BCUT2D eigenvalue weighted by molar-refractivity contribution is 0.104. The molecule has 0 fully saturated rings. The van der Waals surface area contributed by atoms with Crippen LogP contribution in [0.25, 0.3) is 0 Å². The number of methoxy groups -OCH3 is 2. The van der Waals surface area contributed by atoms with Crippen molar-refractivity contribution in [3.05, 3.63) is 29.8 Å². The molecule has 22 heavy (non-hydrogen) atoms. The van der Waals surface area contributed by atoms with Gasteiger partial charge in [0.1, 0.15) is 12.4 Å². The summed E-state index contributed by atoms with van der Waals surface area (Å²) < 4.78 is 16.1. The lowest BCUT2D eigenvalue weighted by atomic mass is 9.87. The van der Waals surface area contributed by atoms with Gasteiger partial charge in [0, 0.05) is 33.9 Å². The summed E-state index contributed by atoms with van der Waals surface area (Å²) in [5.74, 6) is 0.923. The number of ether oxygens (including phenoxy) is 3. The Morgan fingerprint density at radius 3 is 1.77 bits per heavy atom. The van der Waals surface area contributed by atoms with Crippen LogP contribution in [0.5, 0.6) is 5.75 Å². The molecule has 0 N–H and O–H groups in total. The second-order valence-electron chi connectivity index (χ2n) is 6.45. The van der Waals surface area contributed by atoms with Crippen molar-refractivity contribution < 1.29 is 14.2 Å². The van der Waals surface area contributed by atoms with Gasteiger partial charge in [-0.15, -0.1) is 0 Å². The summed E-state index contributed by atoms with van der Waals surface area (Å²) in [6.45, 7) is 11.4. The topological polar surface area (TPSA) is 30.9 Å². The van der Waals surface area contributed by atoms with Crippen LogP contribution in [0.1, 0.15) is 26.3 Å². The zero-order valence-corrected chi connectivity index (χ0v) is 14.7. The summed E-state index contributed by atoms with van der Waals surface area (Å²) >= 11 is 0. The summed E-state index contributed by atoms with van der Waals surface area (Å²) in [6.07, 6.45) is 0. The van der Waals surface area contributed by atoms with Gasteiger partial charge in [-0.2, -0.15) is 0 Å². The van der Waals surface area contributed by atoms with Crippen LogP contribution in [0.2, 0.25) is 0 Å². The number of rotatable bonds is 10. The normalized spacial score (nSPS) is 11.9. The minimum Gasteiger partial charge on any atom is -0.492 e. The van der Waals surface area contributed by atoms with Gasteiger partial charge in [0.15, 0.2) is 0 Å². The third kappa shape index (κ3) is 7.25. The van der Waals surface area contributed by atoms with Crippen molar-refractivity contribution in [1.82, 2.24) is 4.90 Å². The van der Waals surface area contributed by atoms with Gasteiger partial charge >= 0.3 is 0 Å². The van der Waals surface area contributed by atoms with Crippen molar-refractivity contribution in [2.75, 3.05) is 53.7 Å². The van der Waals surface area contributed by atoms with Gasteiger partial charge in [-0.05, 0) is 23.1 Å². The molecule has 0 aromatic heterocycles. The molecular formula is C18H31NO3. The van der Waals surface area contributed by atoms with E-state index in [2.05, 4.69) is 49.9 Å². The van der Waals surface area contributed by atoms with Crippen LogP contribution in [-0.4, -0.2) is 58.6 Å². The van der Waals surface area contributed by atoms with E-state index in [-0.39, 0.29) is 5.41 Å². The van der Waals surface area contributed by atoms with Crippen molar-refractivity contribution in [2.45, 2.75) is 26.2 Å². The summed E-state index contributed by atoms with van der Waals surface area (Å²) in [7, 11) is 3.45. The molecule has 1 aromatic carbocycles. The summed E-state index contributed by atoms with van der Waals surface area (Å²) in [5, 5.41) is 0. The van der Waals surface area contributed by atoms with Crippen molar-refractivity contribution >= 4 is 0 Å². The molecular weight excluding hydrogens is 278 g/mol. The van der Waals surface area contributed by atoms with E-state index >= 15 is 0 Å². The van der Waals surface area contributed by atoms with E-state index in [0.29, 0.717) is 6.61 Å². The molecule has 0 aliphatic carbocycles. The Morgan fingerprint density at radius 2 is 1.32 bits per heavy atom. The second kappa shape index (κ2) is 9.82. The molecule has 126 valence electrons. The number of benzene rings is 1. The molecule has 0 amide bonds. The first-order valence-corrected chi connectivity index (χ1v) is 7.91. The van der Waals surface area contributed by atoms with Crippen LogP contribution in [0, 0.1) is 0 Å². The maximum Gasteiger partial charge on any atom is 0.119 e. The van der Waals surface area contributed by atoms with E-state index in [4.69, 9.17) is 14.2 Å². The molecule has 0 bridgehead atoms. The van der Waals surface area contributed by atoms with Crippen LogP contribution in [0.15, 0.2) is 24.3 Å². The summed E-state index contributed by atoms with van der Waals surface area (Å²) in [6, 6.07) is 8.39. The fraction of sp³-hybridized carbons (Fsp3) is 0.667. The average Bonchev–Trinajstić information content (AvgIpc) is 2.49. The van der Waals surface area contributed by atoms with Gasteiger partial charge in [0.05, 0.1) is 13.2 Å². The van der Waals surface area contributed by atoms with E-state index < -0.39 is 0 Å². The molecule has 0 saturated heterocycles. The Balaban J connectivity index is 2.40. The Kier molecular flexibility index (Phi) is 8.46. The van der Waals surface area contributed by atoms with Crippen molar-refractivity contribution in [2.24, 2.45) is 0 Å². The van der Waals surface area contributed by atoms with Crippen LogP contribution in [-0.2, 0) is 14.9 Å². The fourth-order valence-corrected chi connectivity index (χ4v) is 2.12. The SMILES string of the molecule is COCCN(CCOC)CCOc1ccc(C(C)(C)C)cc1. The Hall–Kier alpha value is -1.10. The highest BCUT2D eigenvalue weighted by Gasteiger charge is 2.13. The first-order valence-electron chi connectivity index (χ1n) is 7.91. The van der Waals surface area contributed by atoms with Gasteiger partial charge in [0.25, 0.3) is 0 Å². The Bertz CT molecular complexity index is 390. The molecule has 1 rings (SSSR count). The first-order chi connectivity index (χ1) is 10.5. The standard InChI is InChI=1S/C18H31NO3/c1-18(2,3)16-6-8-17(9-7-16)22-15-12-19(10-13-20-4)11-14-21-5/h6-9H,10-15H2,1-5H3. The number of hydrogen-bond donors (Lipinski definition) is 0. The minimum atomic E-state index is 0.176. The molecule has 0 spiro atoms. The van der Waals surface area contributed by atoms with Gasteiger partial charge in [-0.1, -0.05) is 32.9 Å². The van der Waals surface area contributed by atoms with E-state index in [0.717, 1.165) is 38.6 Å². The predicted molar refractivity (Wildman–Crippen MR) is 90.8 cm³/mol. The monoisotopic (exact) mass is 309 g/mol. The molecule has 0 heterocycles. The molecule has 0 atom stereocenters. The highest BCUT2D eigenvalue weighted by Crippen LogP contribution is 2.24. The molecule has 4 heteroatoms. The van der Waals surface area contributed by atoms with Crippen molar-refractivity contribution in [1.29, 1.82) is 0 Å². The third-order valence-corrected chi connectivity index (χ3v) is 3.62. The maximum absolute atomic E-state index is 5.84. The Morgan fingerprint density at radius 1 is 0.818 bits per heavy atom. The zero-order valence-electron chi connectivity index (χ0n) is 14.7. The summed E-state index contributed by atoms with van der Waals surface area (Å²) in [5.41, 5.74) is 1.50. The molecule has 0 aliphatic rings. The van der Waals surface area contributed by atoms with E-state index in [1.807, 2.05) is 0 Å². The van der Waals surface area contributed by atoms with E-state index in [1.165, 1.54) is 5.56 Å². The first kappa shape index (κ1) is 18.9. The number of nitrogens with zero attached hydrogens (tertiary/aromatic N) is 1. The molecule has 0 aliphatic heterocycles. The molecule has 0 unspecified atom stereocenters. The van der Waals surface area contributed by atoms with Crippen molar-refractivity contribution in [3.63, 3.8) is 0 Å². The van der Waals surface area contributed by atoms with E-state index in [1.54, 1.807) is 14.2 Å². The molecule has 4 nitrogen and oxygen atoms in total. The van der Waals surface area contributed by atoms with Gasteiger partial charge < -0.3 is 14.2 Å². The molecule has 0 radical (unpaired) electrons. The average molecular weight is 309 g/mol. The van der Waals surface area contributed by atoms with Gasteiger partial charge in [0.2, 0.25) is 0 Å². The lowest BCUT2D eigenvalue weighted by Crippen LogP contribution is -2.34. The Labute approximate surface area is 135 Å². The van der Waals surface area contributed by atoms with Crippen LogP contribution < -0.4 is 4.74 Å². The fourth-order valence-electron chi connectivity index (χ4n) is 2.12. The highest BCUT2D eigenvalue weighted by atomic mass is 16.5. The van der Waals surface area contributed by atoms with Gasteiger partial charge in [-0.25, -0.2) is 0 Å².